The predicted octanol–water partition coefficient (Wildman–Crippen LogP) is 5.04. The van der Waals surface area contributed by atoms with Crippen LogP contribution in [-0.2, 0) is 16.4 Å². The van der Waals surface area contributed by atoms with Crippen LogP contribution >= 0.6 is 22.9 Å². The molecular formula is C23H20ClN3O3S2. The Labute approximate surface area is 195 Å². The Morgan fingerprint density at radius 1 is 1.06 bits per heavy atom. The number of anilines is 1. The summed E-state index contributed by atoms with van der Waals surface area (Å²) >= 11 is 7.82. The van der Waals surface area contributed by atoms with Crippen LogP contribution in [0.1, 0.15) is 20.9 Å². The molecule has 0 saturated heterocycles. The number of thiazole rings is 1. The summed E-state index contributed by atoms with van der Waals surface area (Å²) in [7, 11) is -0.818. The number of carbonyl (C=O) groups is 1. The molecule has 4 aromatic rings. The Hall–Kier alpha value is -2.78. The molecule has 0 fully saturated rings. The zero-order chi connectivity index (χ0) is 22.9. The van der Waals surface area contributed by atoms with E-state index in [1.807, 2.05) is 30.3 Å². The number of benzene rings is 3. The average Bonchev–Trinajstić information content (AvgIpc) is 3.17. The lowest BCUT2D eigenvalue weighted by Gasteiger charge is -2.13. The molecule has 6 nitrogen and oxygen atoms in total. The first-order chi connectivity index (χ1) is 15.2. The van der Waals surface area contributed by atoms with Gasteiger partial charge in [0.2, 0.25) is 10.0 Å². The predicted molar refractivity (Wildman–Crippen MR) is 129 cm³/mol. The van der Waals surface area contributed by atoms with E-state index >= 15 is 0 Å². The van der Waals surface area contributed by atoms with Crippen LogP contribution in [0.25, 0.3) is 10.2 Å². The SMILES string of the molecule is CN(C)S(=O)(=O)c1ccc(Cl)c(C(=O)Nc2ccc(Cc3nc4ccccc4s3)cc2)c1. The molecule has 164 valence electrons. The van der Waals surface area contributed by atoms with Gasteiger partial charge in [-0.1, -0.05) is 35.9 Å². The Kier molecular flexibility index (Phi) is 6.30. The number of nitrogens with zero attached hydrogens (tertiary/aromatic N) is 2. The van der Waals surface area contributed by atoms with Crippen molar-refractivity contribution in [3.63, 3.8) is 0 Å². The van der Waals surface area contributed by atoms with Crippen LogP contribution in [-0.4, -0.2) is 37.7 Å². The molecule has 0 aliphatic rings. The fourth-order valence-corrected chi connectivity index (χ4v) is 5.26. The van der Waals surface area contributed by atoms with Gasteiger partial charge in [0.15, 0.2) is 0 Å². The van der Waals surface area contributed by atoms with E-state index < -0.39 is 15.9 Å². The van der Waals surface area contributed by atoms with E-state index in [0.29, 0.717) is 12.1 Å². The van der Waals surface area contributed by atoms with E-state index in [1.165, 1.54) is 32.3 Å². The molecule has 4 rings (SSSR count). The van der Waals surface area contributed by atoms with Crippen molar-refractivity contribution in [1.29, 1.82) is 0 Å². The summed E-state index contributed by atoms with van der Waals surface area (Å²) in [6.45, 7) is 0. The first-order valence-corrected chi connectivity index (χ1v) is 12.3. The molecule has 0 aliphatic carbocycles. The van der Waals surface area contributed by atoms with Gasteiger partial charge in [-0.3, -0.25) is 4.79 Å². The summed E-state index contributed by atoms with van der Waals surface area (Å²) in [5, 5.41) is 3.97. The third-order valence-electron chi connectivity index (χ3n) is 4.87. The number of rotatable bonds is 6. The molecule has 0 radical (unpaired) electrons. The molecule has 1 amide bonds. The van der Waals surface area contributed by atoms with Gasteiger partial charge in [0.1, 0.15) is 0 Å². The normalized spacial score (nSPS) is 11.8. The van der Waals surface area contributed by atoms with Gasteiger partial charge in [0.25, 0.3) is 5.91 Å². The van der Waals surface area contributed by atoms with Crippen molar-refractivity contribution in [3.05, 3.63) is 87.9 Å². The second-order valence-corrected chi connectivity index (χ2v) is 11.0. The minimum absolute atomic E-state index is 0.00299. The molecule has 0 spiro atoms. The Balaban J connectivity index is 1.49. The fourth-order valence-electron chi connectivity index (χ4n) is 3.12. The van der Waals surface area contributed by atoms with Crippen LogP contribution in [0.4, 0.5) is 5.69 Å². The van der Waals surface area contributed by atoms with Gasteiger partial charge in [-0.25, -0.2) is 17.7 Å². The molecule has 9 heteroatoms. The first-order valence-electron chi connectivity index (χ1n) is 9.71. The molecule has 32 heavy (non-hydrogen) atoms. The highest BCUT2D eigenvalue weighted by atomic mass is 35.5. The summed E-state index contributed by atoms with van der Waals surface area (Å²) in [5.74, 6) is -0.482. The molecule has 0 saturated carbocycles. The highest BCUT2D eigenvalue weighted by Crippen LogP contribution is 2.25. The van der Waals surface area contributed by atoms with E-state index in [2.05, 4.69) is 16.4 Å². The first kappa shape index (κ1) is 22.4. The largest absolute Gasteiger partial charge is 0.322 e. The number of hydrogen-bond acceptors (Lipinski definition) is 5. The van der Waals surface area contributed by atoms with Crippen molar-refractivity contribution in [1.82, 2.24) is 9.29 Å². The van der Waals surface area contributed by atoms with E-state index in [9.17, 15) is 13.2 Å². The smallest absolute Gasteiger partial charge is 0.257 e. The van der Waals surface area contributed by atoms with Crippen molar-refractivity contribution in [2.75, 3.05) is 19.4 Å². The summed E-state index contributed by atoms with van der Waals surface area (Å²) < 4.78 is 27.0. The van der Waals surface area contributed by atoms with E-state index in [1.54, 1.807) is 23.5 Å². The highest BCUT2D eigenvalue weighted by molar-refractivity contribution is 7.89. The summed E-state index contributed by atoms with van der Waals surface area (Å²) in [4.78, 5) is 17.4. The van der Waals surface area contributed by atoms with Gasteiger partial charge >= 0.3 is 0 Å². The average molecular weight is 486 g/mol. The van der Waals surface area contributed by atoms with Crippen LogP contribution in [0.5, 0.6) is 0 Å². The van der Waals surface area contributed by atoms with Crippen molar-refractivity contribution in [3.8, 4) is 0 Å². The number of carbonyl (C=O) groups excluding carboxylic acids is 1. The van der Waals surface area contributed by atoms with Crippen LogP contribution in [0, 0.1) is 0 Å². The minimum Gasteiger partial charge on any atom is -0.322 e. The summed E-state index contributed by atoms with van der Waals surface area (Å²) in [5.41, 5.74) is 2.74. The lowest BCUT2D eigenvalue weighted by molar-refractivity contribution is 0.102. The quantitative estimate of drug-likeness (QED) is 0.414. The van der Waals surface area contributed by atoms with Crippen molar-refractivity contribution in [2.24, 2.45) is 0 Å². The zero-order valence-electron chi connectivity index (χ0n) is 17.4. The summed E-state index contributed by atoms with van der Waals surface area (Å²) in [6.07, 6.45) is 0.698. The van der Waals surface area contributed by atoms with Crippen LogP contribution < -0.4 is 5.32 Å². The maximum absolute atomic E-state index is 12.7. The molecule has 0 atom stereocenters. The second-order valence-electron chi connectivity index (χ2n) is 7.33. The van der Waals surface area contributed by atoms with Crippen LogP contribution in [0.2, 0.25) is 5.02 Å². The number of hydrogen-bond donors (Lipinski definition) is 1. The van der Waals surface area contributed by atoms with Crippen molar-refractivity contribution >= 4 is 54.8 Å². The molecule has 0 unspecified atom stereocenters. The third-order valence-corrected chi connectivity index (χ3v) is 8.04. The number of aromatic nitrogens is 1. The van der Waals surface area contributed by atoms with Gasteiger partial charge < -0.3 is 5.32 Å². The number of fused-ring (bicyclic) bond motifs is 1. The standard InChI is InChI=1S/C23H20ClN3O3S2/c1-27(2)32(29,30)17-11-12-19(24)18(14-17)23(28)25-16-9-7-15(8-10-16)13-22-26-20-5-3-4-6-21(20)31-22/h3-12,14H,13H2,1-2H3,(H,25,28). The van der Waals surface area contributed by atoms with Gasteiger partial charge in [-0.05, 0) is 48.0 Å². The zero-order valence-corrected chi connectivity index (χ0v) is 19.8. The molecule has 0 bridgehead atoms. The maximum Gasteiger partial charge on any atom is 0.257 e. The molecule has 0 aliphatic heterocycles. The molecule has 3 aromatic carbocycles. The van der Waals surface area contributed by atoms with Crippen LogP contribution in [0.15, 0.2) is 71.6 Å². The molecule has 1 heterocycles. The van der Waals surface area contributed by atoms with Crippen molar-refractivity contribution < 1.29 is 13.2 Å². The highest BCUT2D eigenvalue weighted by Gasteiger charge is 2.21. The lowest BCUT2D eigenvalue weighted by Crippen LogP contribution is -2.23. The van der Waals surface area contributed by atoms with E-state index in [-0.39, 0.29) is 15.5 Å². The number of halogens is 1. The van der Waals surface area contributed by atoms with E-state index in [0.717, 1.165) is 25.1 Å². The Morgan fingerprint density at radius 2 is 1.78 bits per heavy atom. The monoisotopic (exact) mass is 485 g/mol. The van der Waals surface area contributed by atoms with Crippen LogP contribution in [0.3, 0.4) is 0 Å². The number of nitrogens with one attached hydrogen (secondary N) is 1. The number of amides is 1. The third kappa shape index (κ3) is 4.68. The lowest BCUT2D eigenvalue weighted by atomic mass is 10.1. The number of sulfonamides is 1. The summed E-state index contributed by atoms with van der Waals surface area (Å²) in [6, 6.07) is 19.6. The molecule has 1 N–H and O–H groups in total. The minimum atomic E-state index is -3.68. The van der Waals surface area contributed by atoms with Gasteiger partial charge in [0, 0.05) is 26.2 Å². The van der Waals surface area contributed by atoms with Gasteiger partial charge in [-0.2, -0.15) is 0 Å². The van der Waals surface area contributed by atoms with Crippen molar-refractivity contribution in [2.45, 2.75) is 11.3 Å². The number of para-hydroxylation sites is 1. The van der Waals surface area contributed by atoms with Gasteiger partial charge in [-0.15, -0.1) is 11.3 Å². The van der Waals surface area contributed by atoms with E-state index in [4.69, 9.17) is 11.6 Å². The topological polar surface area (TPSA) is 79.4 Å². The maximum atomic E-state index is 12.7. The Bertz CT molecular complexity index is 1360. The molecular weight excluding hydrogens is 466 g/mol. The van der Waals surface area contributed by atoms with Gasteiger partial charge in [0.05, 0.1) is 30.7 Å². The second kappa shape index (κ2) is 8.99. The molecule has 1 aromatic heterocycles. The fraction of sp³-hybridized carbons (Fsp3) is 0.130. The Morgan fingerprint density at radius 3 is 2.47 bits per heavy atom.